The number of fused-ring (bicyclic) bond motifs is 1. The quantitative estimate of drug-likeness (QED) is 0.389. The molecule has 2 amide bonds. The maximum Gasteiger partial charge on any atom is 0.407 e. The summed E-state index contributed by atoms with van der Waals surface area (Å²) in [6, 6.07) is 13.7. The molecule has 1 aromatic heterocycles. The van der Waals surface area contributed by atoms with Gasteiger partial charge in [-0.25, -0.2) is 9.78 Å². The summed E-state index contributed by atoms with van der Waals surface area (Å²) in [7, 11) is 1.64. The monoisotopic (exact) mass is 466 g/mol. The van der Waals surface area contributed by atoms with Gasteiger partial charge in [0.1, 0.15) is 11.4 Å². The van der Waals surface area contributed by atoms with Crippen molar-refractivity contribution in [2.75, 3.05) is 20.2 Å². The second-order valence-electron chi connectivity index (χ2n) is 9.43. The minimum absolute atomic E-state index is 0.235. The van der Waals surface area contributed by atoms with E-state index in [0.717, 1.165) is 40.8 Å². The summed E-state index contributed by atoms with van der Waals surface area (Å²) in [5.41, 5.74) is 3.12. The topological polar surface area (TPSA) is 105 Å². The van der Waals surface area contributed by atoms with Gasteiger partial charge in [0.05, 0.1) is 18.1 Å². The fourth-order valence-corrected chi connectivity index (χ4v) is 3.49. The number of nitrogens with zero attached hydrogens (tertiary/aromatic N) is 1. The lowest BCUT2D eigenvalue weighted by molar-refractivity contribution is 0.0526. The zero-order valence-electron chi connectivity index (χ0n) is 20.5. The number of aromatic amines is 1. The summed E-state index contributed by atoms with van der Waals surface area (Å²) in [5, 5.41) is 5.69. The van der Waals surface area contributed by atoms with Crippen LogP contribution in [-0.4, -0.2) is 47.8 Å². The highest BCUT2D eigenvalue weighted by Gasteiger charge is 2.16. The van der Waals surface area contributed by atoms with E-state index in [4.69, 9.17) is 9.47 Å². The molecule has 8 nitrogen and oxygen atoms in total. The molecule has 0 radical (unpaired) electrons. The molecule has 0 aliphatic carbocycles. The Bertz CT molecular complexity index is 1120. The van der Waals surface area contributed by atoms with Gasteiger partial charge in [-0.15, -0.1) is 0 Å². The number of benzene rings is 2. The van der Waals surface area contributed by atoms with Crippen LogP contribution < -0.4 is 15.4 Å². The van der Waals surface area contributed by atoms with Crippen molar-refractivity contribution in [2.24, 2.45) is 5.92 Å². The summed E-state index contributed by atoms with van der Waals surface area (Å²) in [6.45, 7) is 8.62. The average Bonchev–Trinajstić information content (AvgIpc) is 3.23. The standard InChI is InChI=1S/C26H34N4O4/c1-17(7-6-14-27-25(32)34-26(2,3)4)16-28-24(31)23-29-21-13-10-19(15-22(21)30-23)18-8-11-20(33-5)12-9-18/h8-13,15,17H,6-7,14,16H2,1-5H3,(H,27,32)(H,28,31)(H,29,30)/t17-/m0/s1. The van der Waals surface area contributed by atoms with Crippen molar-refractivity contribution in [1.29, 1.82) is 0 Å². The van der Waals surface area contributed by atoms with E-state index in [1.54, 1.807) is 7.11 Å². The fourth-order valence-electron chi connectivity index (χ4n) is 3.49. The first-order chi connectivity index (χ1) is 16.1. The molecule has 0 spiro atoms. The highest BCUT2D eigenvalue weighted by molar-refractivity contribution is 5.94. The van der Waals surface area contributed by atoms with E-state index in [1.165, 1.54) is 0 Å². The van der Waals surface area contributed by atoms with E-state index in [9.17, 15) is 9.59 Å². The Labute approximate surface area is 200 Å². The molecular weight excluding hydrogens is 432 g/mol. The third-order valence-electron chi connectivity index (χ3n) is 5.27. The van der Waals surface area contributed by atoms with Crippen molar-refractivity contribution in [1.82, 2.24) is 20.6 Å². The number of imidazole rings is 1. The largest absolute Gasteiger partial charge is 0.497 e. The summed E-state index contributed by atoms with van der Waals surface area (Å²) in [5.74, 6) is 1.12. The second kappa shape index (κ2) is 11.0. The van der Waals surface area contributed by atoms with Gasteiger partial charge < -0.3 is 25.1 Å². The number of ether oxygens (including phenoxy) is 2. The van der Waals surface area contributed by atoms with Crippen molar-refractivity contribution < 1.29 is 19.1 Å². The minimum Gasteiger partial charge on any atom is -0.497 e. The van der Waals surface area contributed by atoms with E-state index in [1.807, 2.05) is 63.2 Å². The highest BCUT2D eigenvalue weighted by Crippen LogP contribution is 2.25. The number of rotatable bonds is 9. The van der Waals surface area contributed by atoms with Gasteiger partial charge in [-0.3, -0.25) is 4.79 Å². The third kappa shape index (κ3) is 7.23. The summed E-state index contributed by atoms with van der Waals surface area (Å²) in [6.07, 6.45) is 1.25. The predicted octanol–water partition coefficient (Wildman–Crippen LogP) is 4.91. The van der Waals surface area contributed by atoms with Crippen molar-refractivity contribution >= 4 is 23.0 Å². The Morgan fingerprint density at radius 2 is 1.76 bits per heavy atom. The maximum atomic E-state index is 12.6. The minimum atomic E-state index is -0.504. The van der Waals surface area contributed by atoms with Gasteiger partial charge in [-0.05, 0) is 74.9 Å². The van der Waals surface area contributed by atoms with Crippen LogP contribution in [0.1, 0.15) is 51.2 Å². The van der Waals surface area contributed by atoms with Crippen LogP contribution in [0.5, 0.6) is 5.75 Å². The zero-order valence-corrected chi connectivity index (χ0v) is 20.5. The number of H-pyrrole nitrogens is 1. The highest BCUT2D eigenvalue weighted by atomic mass is 16.6. The number of nitrogens with one attached hydrogen (secondary N) is 3. The Balaban J connectivity index is 1.48. The van der Waals surface area contributed by atoms with Crippen molar-refractivity contribution in [3.63, 3.8) is 0 Å². The number of methoxy groups -OCH3 is 1. The second-order valence-corrected chi connectivity index (χ2v) is 9.43. The molecule has 3 rings (SSSR count). The normalized spacial score (nSPS) is 12.3. The Kier molecular flexibility index (Phi) is 8.15. The number of hydrogen-bond acceptors (Lipinski definition) is 5. The molecule has 34 heavy (non-hydrogen) atoms. The van der Waals surface area contributed by atoms with Gasteiger partial charge in [0, 0.05) is 13.1 Å². The SMILES string of the molecule is COc1ccc(-c2ccc3nc(C(=O)NC[C@@H](C)CCCNC(=O)OC(C)(C)C)[nH]c3c2)cc1. The van der Waals surface area contributed by atoms with Crippen LogP contribution >= 0.6 is 0 Å². The van der Waals surface area contributed by atoms with Crippen LogP contribution in [-0.2, 0) is 4.74 Å². The van der Waals surface area contributed by atoms with E-state index in [2.05, 4.69) is 27.5 Å². The molecular formula is C26H34N4O4. The summed E-state index contributed by atoms with van der Waals surface area (Å²) >= 11 is 0. The summed E-state index contributed by atoms with van der Waals surface area (Å²) < 4.78 is 10.4. The van der Waals surface area contributed by atoms with Crippen LogP contribution in [0, 0.1) is 5.92 Å². The maximum absolute atomic E-state index is 12.6. The predicted molar refractivity (Wildman–Crippen MR) is 133 cm³/mol. The number of carbonyl (C=O) groups excluding carboxylic acids is 2. The molecule has 0 aliphatic rings. The van der Waals surface area contributed by atoms with E-state index >= 15 is 0 Å². The molecule has 1 atom stereocenters. The molecule has 182 valence electrons. The number of aromatic nitrogens is 2. The first-order valence-corrected chi connectivity index (χ1v) is 11.5. The number of amides is 2. The Morgan fingerprint density at radius 3 is 2.44 bits per heavy atom. The molecule has 0 saturated heterocycles. The zero-order chi connectivity index (χ0) is 24.7. The van der Waals surface area contributed by atoms with Crippen LogP contribution in [0.3, 0.4) is 0 Å². The van der Waals surface area contributed by atoms with E-state index in [-0.39, 0.29) is 11.8 Å². The Hall–Kier alpha value is -3.55. The van der Waals surface area contributed by atoms with Crippen molar-refractivity contribution in [3.8, 4) is 16.9 Å². The van der Waals surface area contributed by atoms with Crippen LogP contribution in [0.2, 0.25) is 0 Å². The molecule has 0 fully saturated rings. The number of hydrogen-bond donors (Lipinski definition) is 3. The third-order valence-corrected chi connectivity index (χ3v) is 5.27. The average molecular weight is 467 g/mol. The lowest BCUT2D eigenvalue weighted by atomic mass is 10.1. The lowest BCUT2D eigenvalue weighted by Crippen LogP contribution is -2.33. The molecule has 0 aliphatic heterocycles. The fraction of sp³-hybridized carbons (Fsp3) is 0.423. The van der Waals surface area contributed by atoms with Gasteiger partial charge in [0.2, 0.25) is 0 Å². The number of carbonyl (C=O) groups is 2. The molecule has 3 aromatic rings. The first-order valence-electron chi connectivity index (χ1n) is 11.5. The molecule has 1 heterocycles. The van der Waals surface area contributed by atoms with Gasteiger partial charge in [0.25, 0.3) is 5.91 Å². The van der Waals surface area contributed by atoms with Gasteiger partial charge in [-0.1, -0.05) is 25.1 Å². The van der Waals surface area contributed by atoms with Crippen LogP contribution in [0.15, 0.2) is 42.5 Å². The lowest BCUT2D eigenvalue weighted by Gasteiger charge is -2.19. The smallest absolute Gasteiger partial charge is 0.407 e. The van der Waals surface area contributed by atoms with Crippen LogP contribution in [0.25, 0.3) is 22.2 Å². The van der Waals surface area contributed by atoms with Gasteiger partial charge >= 0.3 is 6.09 Å². The molecule has 2 aromatic carbocycles. The number of alkyl carbamates (subject to hydrolysis) is 1. The molecule has 3 N–H and O–H groups in total. The molecule has 8 heteroatoms. The Morgan fingerprint density at radius 1 is 1.06 bits per heavy atom. The van der Waals surface area contributed by atoms with E-state index < -0.39 is 11.7 Å². The molecule has 0 bridgehead atoms. The van der Waals surface area contributed by atoms with Crippen molar-refractivity contribution in [2.45, 2.75) is 46.1 Å². The van der Waals surface area contributed by atoms with Gasteiger partial charge in [-0.2, -0.15) is 0 Å². The van der Waals surface area contributed by atoms with Gasteiger partial charge in [0.15, 0.2) is 5.82 Å². The first kappa shape index (κ1) is 25.1. The summed E-state index contributed by atoms with van der Waals surface area (Å²) in [4.78, 5) is 31.8. The molecule has 0 saturated carbocycles. The van der Waals surface area contributed by atoms with Crippen LogP contribution in [0.4, 0.5) is 4.79 Å². The van der Waals surface area contributed by atoms with E-state index in [0.29, 0.717) is 18.9 Å². The molecule has 0 unspecified atom stereocenters. The van der Waals surface area contributed by atoms with Crippen molar-refractivity contribution in [3.05, 3.63) is 48.3 Å².